The molecule has 0 spiro atoms. The van der Waals surface area contributed by atoms with Gasteiger partial charge in [0.15, 0.2) is 0 Å². The Hall–Kier alpha value is -2.03. The van der Waals surface area contributed by atoms with E-state index in [4.69, 9.17) is 5.73 Å². The SMILES string of the molecule is Cc1cccc(NC(C)c2ccccn2)c1N. The lowest BCUT2D eigenvalue weighted by atomic mass is 10.1. The molecule has 2 aromatic rings. The zero-order valence-electron chi connectivity index (χ0n) is 10.1. The fraction of sp³-hybridized carbons (Fsp3) is 0.214. The van der Waals surface area contributed by atoms with E-state index in [1.807, 2.05) is 43.3 Å². The van der Waals surface area contributed by atoms with Crippen LogP contribution in [0.5, 0.6) is 0 Å². The second-order valence-electron chi connectivity index (χ2n) is 4.16. The van der Waals surface area contributed by atoms with Crippen LogP contribution in [-0.2, 0) is 0 Å². The first kappa shape index (κ1) is 11.5. The Labute approximate surface area is 102 Å². The number of nitrogen functional groups attached to an aromatic ring is 1. The summed E-state index contributed by atoms with van der Waals surface area (Å²) in [6.07, 6.45) is 1.80. The molecule has 1 heterocycles. The second-order valence-corrected chi connectivity index (χ2v) is 4.16. The first-order valence-electron chi connectivity index (χ1n) is 5.71. The quantitative estimate of drug-likeness (QED) is 0.792. The van der Waals surface area contributed by atoms with Crippen LogP contribution in [0.15, 0.2) is 42.6 Å². The van der Waals surface area contributed by atoms with E-state index >= 15 is 0 Å². The molecule has 2 rings (SSSR count). The van der Waals surface area contributed by atoms with Crippen LogP contribution in [0.2, 0.25) is 0 Å². The Balaban J connectivity index is 2.19. The van der Waals surface area contributed by atoms with Crippen LogP contribution in [0.1, 0.15) is 24.2 Å². The molecule has 17 heavy (non-hydrogen) atoms. The van der Waals surface area contributed by atoms with E-state index in [2.05, 4.69) is 17.2 Å². The molecule has 0 amide bonds. The summed E-state index contributed by atoms with van der Waals surface area (Å²) in [5.41, 5.74) is 9.88. The Morgan fingerprint density at radius 1 is 1.18 bits per heavy atom. The summed E-state index contributed by atoms with van der Waals surface area (Å²) in [6, 6.07) is 12.0. The third-order valence-electron chi connectivity index (χ3n) is 2.83. The van der Waals surface area contributed by atoms with Gasteiger partial charge in [0.05, 0.1) is 23.1 Å². The number of hydrogen-bond donors (Lipinski definition) is 2. The molecule has 0 aliphatic rings. The summed E-state index contributed by atoms with van der Waals surface area (Å²) in [5, 5.41) is 3.38. The van der Waals surface area contributed by atoms with Crippen molar-refractivity contribution in [3.05, 3.63) is 53.9 Å². The average molecular weight is 227 g/mol. The smallest absolute Gasteiger partial charge is 0.0657 e. The summed E-state index contributed by atoms with van der Waals surface area (Å²) in [7, 11) is 0. The lowest BCUT2D eigenvalue weighted by Gasteiger charge is -2.17. The third kappa shape index (κ3) is 2.56. The van der Waals surface area contributed by atoms with Crippen molar-refractivity contribution in [2.45, 2.75) is 19.9 Å². The lowest BCUT2D eigenvalue weighted by Crippen LogP contribution is -2.10. The number of hydrogen-bond acceptors (Lipinski definition) is 3. The maximum Gasteiger partial charge on any atom is 0.0657 e. The molecular formula is C14H17N3. The maximum absolute atomic E-state index is 6.03. The number of para-hydroxylation sites is 1. The lowest BCUT2D eigenvalue weighted by molar-refractivity contribution is 0.840. The van der Waals surface area contributed by atoms with Crippen molar-refractivity contribution in [3.8, 4) is 0 Å². The molecule has 3 nitrogen and oxygen atoms in total. The minimum atomic E-state index is 0.139. The number of nitrogens with one attached hydrogen (secondary N) is 1. The Morgan fingerprint density at radius 3 is 2.71 bits per heavy atom. The van der Waals surface area contributed by atoms with Gasteiger partial charge in [0, 0.05) is 6.20 Å². The van der Waals surface area contributed by atoms with Crippen LogP contribution in [0.25, 0.3) is 0 Å². The number of nitrogens with zero attached hydrogens (tertiary/aromatic N) is 1. The van der Waals surface area contributed by atoms with Crippen molar-refractivity contribution in [1.29, 1.82) is 0 Å². The molecular weight excluding hydrogens is 210 g/mol. The van der Waals surface area contributed by atoms with E-state index in [9.17, 15) is 0 Å². The van der Waals surface area contributed by atoms with E-state index in [0.29, 0.717) is 0 Å². The van der Waals surface area contributed by atoms with Crippen molar-refractivity contribution in [2.75, 3.05) is 11.1 Å². The molecule has 3 N–H and O–H groups in total. The summed E-state index contributed by atoms with van der Waals surface area (Å²) in [6.45, 7) is 4.08. The molecule has 0 radical (unpaired) electrons. The Bertz CT molecular complexity index is 494. The van der Waals surface area contributed by atoms with Gasteiger partial charge in [-0.3, -0.25) is 4.98 Å². The molecule has 1 atom stereocenters. The predicted octanol–water partition coefficient (Wildman–Crippen LogP) is 3.15. The highest BCUT2D eigenvalue weighted by atomic mass is 15.0. The zero-order chi connectivity index (χ0) is 12.3. The minimum Gasteiger partial charge on any atom is -0.397 e. The van der Waals surface area contributed by atoms with Gasteiger partial charge in [-0.25, -0.2) is 0 Å². The Kier molecular flexibility index (Phi) is 3.28. The molecule has 0 bridgehead atoms. The fourth-order valence-corrected chi connectivity index (χ4v) is 1.75. The number of rotatable bonds is 3. The molecule has 1 aromatic carbocycles. The number of aryl methyl sites for hydroxylation is 1. The summed E-state index contributed by atoms with van der Waals surface area (Å²) in [4.78, 5) is 4.32. The highest BCUT2D eigenvalue weighted by Crippen LogP contribution is 2.25. The normalized spacial score (nSPS) is 12.1. The third-order valence-corrected chi connectivity index (χ3v) is 2.83. The molecule has 0 fully saturated rings. The maximum atomic E-state index is 6.03. The zero-order valence-corrected chi connectivity index (χ0v) is 10.1. The van der Waals surface area contributed by atoms with E-state index in [-0.39, 0.29) is 6.04 Å². The summed E-state index contributed by atoms with van der Waals surface area (Å²) < 4.78 is 0. The first-order chi connectivity index (χ1) is 8.18. The number of pyridine rings is 1. The highest BCUT2D eigenvalue weighted by Gasteiger charge is 2.08. The van der Waals surface area contributed by atoms with E-state index in [0.717, 1.165) is 22.6 Å². The predicted molar refractivity (Wildman–Crippen MR) is 71.9 cm³/mol. The molecule has 1 aromatic heterocycles. The van der Waals surface area contributed by atoms with Gasteiger partial charge in [0.2, 0.25) is 0 Å². The van der Waals surface area contributed by atoms with Gasteiger partial charge < -0.3 is 11.1 Å². The summed E-state index contributed by atoms with van der Waals surface area (Å²) in [5.74, 6) is 0. The van der Waals surface area contributed by atoms with Crippen molar-refractivity contribution in [1.82, 2.24) is 4.98 Å². The topological polar surface area (TPSA) is 50.9 Å². The molecule has 0 aliphatic heterocycles. The van der Waals surface area contributed by atoms with Gasteiger partial charge in [-0.05, 0) is 37.6 Å². The van der Waals surface area contributed by atoms with Crippen LogP contribution < -0.4 is 11.1 Å². The van der Waals surface area contributed by atoms with Crippen LogP contribution in [0.4, 0.5) is 11.4 Å². The molecule has 0 saturated carbocycles. The van der Waals surface area contributed by atoms with Crippen LogP contribution in [0, 0.1) is 6.92 Å². The van der Waals surface area contributed by atoms with Crippen molar-refractivity contribution in [2.24, 2.45) is 0 Å². The van der Waals surface area contributed by atoms with Crippen molar-refractivity contribution >= 4 is 11.4 Å². The summed E-state index contributed by atoms with van der Waals surface area (Å²) >= 11 is 0. The van der Waals surface area contributed by atoms with Crippen LogP contribution in [0.3, 0.4) is 0 Å². The minimum absolute atomic E-state index is 0.139. The Morgan fingerprint density at radius 2 is 2.00 bits per heavy atom. The fourth-order valence-electron chi connectivity index (χ4n) is 1.75. The van der Waals surface area contributed by atoms with E-state index in [1.165, 1.54) is 0 Å². The van der Waals surface area contributed by atoms with Crippen molar-refractivity contribution in [3.63, 3.8) is 0 Å². The van der Waals surface area contributed by atoms with Crippen molar-refractivity contribution < 1.29 is 0 Å². The van der Waals surface area contributed by atoms with Crippen LogP contribution >= 0.6 is 0 Å². The molecule has 1 unspecified atom stereocenters. The first-order valence-corrected chi connectivity index (χ1v) is 5.71. The standard InChI is InChI=1S/C14H17N3/c1-10-6-5-8-13(14(10)15)17-11(2)12-7-3-4-9-16-12/h3-9,11,17H,15H2,1-2H3. The van der Waals surface area contributed by atoms with Gasteiger partial charge >= 0.3 is 0 Å². The van der Waals surface area contributed by atoms with Gasteiger partial charge in [-0.1, -0.05) is 18.2 Å². The largest absolute Gasteiger partial charge is 0.397 e. The molecule has 88 valence electrons. The van der Waals surface area contributed by atoms with E-state index < -0.39 is 0 Å². The van der Waals surface area contributed by atoms with Crippen LogP contribution in [-0.4, -0.2) is 4.98 Å². The monoisotopic (exact) mass is 227 g/mol. The molecule has 0 aliphatic carbocycles. The molecule has 0 saturated heterocycles. The number of anilines is 2. The average Bonchev–Trinajstić information content (AvgIpc) is 2.36. The van der Waals surface area contributed by atoms with Gasteiger partial charge in [0.1, 0.15) is 0 Å². The highest BCUT2D eigenvalue weighted by molar-refractivity contribution is 5.69. The van der Waals surface area contributed by atoms with Gasteiger partial charge in [0.25, 0.3) is 0 Å². The molecule has 3 heteroatoms. The van der Waals surface area contributed by atoms with E-state index in [1.54, 1.807) is 6.20 Å². The number of nitrogens with two attached hydrogens (primary N) is 1. The number of benzene rings is 1. The van der Waals surface area contributed by atoms with Gasteiger partial charge in [-0.2, -0.15) is 0 Å². The van der Waals surface area contributed by atoms with Gasteiger partial charge in [-0.15, -0.1) is 0 Å². The number of aromatic nitrogens is 1. The second kappa shape index (κ2) is 4.87.